The Bertz CT molecular complexity index is 717. The van der Waals surface area contributed by atoms with Crippen LogP contribution in [0.1, 0.15) is 71.1 Å². The third kappa shape index (κ3) is 7.94. The molecule has 0 radical (unpaired) electrons. The van der Waals surface area contributed by atoms with Crippen molar-refractivity contribution >= 4 is 35.3 Å². The molecule has 0 saturated carbocycles. The smallest absolute Gasteiger partial charge is 0.313 e. The second-order valence-electron chi connectivity index (χ2n) is 6.01. The van der Waals surface area contributed by atoms with Gasteiger partial charge in [-0.1, -0.05) is 0 Å². The Morgan fingerprint density at radius 2 is 0.767 bits per heavy atom. The van der Waals surface area contributed by atoms with E-state index < -0.39 is 54.5 Å². The maximum Gasteiger partial charge on any atom is 0.313 e. The summed E-state index contributed by atoms with van der Waals surface area (Å²) < 4.78 is 14.2. The predicted octanol–water partition coefficient (Wildman–Crippen LogP) is 2.09. The molecule has 0 aliphatic rings. The highest BCUT2D eigenvalue weighted by Crippen LogP contribution is 2.17. The number of hydrogen-bond donors (Lipinski definition) is 0. The molecule has 0 N–H and O–H groups in total. The fraction of sp³-hybridized carbons (Fsp3) is 0.429. The number of carbonyl (C=O) groups excluding carboxylic acids is 6. The standard InChI is InChI=1S/C21H24O9/c1-4-28-19(25)10-16(22)13-7-14(17(23)11-20(26)29-5-2)9-15(8-13)18(24)12-21(27)30-6-3/h7-9H,4-6,10-12H2,1-3H3. The molecule has 0 bridgehead atoms. The van der Waals surface area contributed by atoms with Gasteiger partial charge in [0.05, 0.1) is 19.8 Å². The summed E-state index contributed by atoms with van der Waals surface area (Å²) in [6.07, 6.45) is -1.77. The Morgan fingerprint density at radius 1 is 0.533 bits per heavy atom. The van der Waals surface area contributed by atoms with Crippen LogP contribution in [0.4, 0.5) is 0 Å². The summed E-state index contributed by atoms with van der Waals surface area (Å²) in [5.74, 6) is -4.31. The minimum absolute atomic E-state index is 0.0907. The van der Waals surface area contributed by atoms with Crippen LogP contribution in [-0.2, 0) is 28.6 Å². The number of rotatable bonds is 12. The van der Waals surface area contributed by atoms with E-state index in [4.69, 9.17) is 14.2 Å². The lowest BCUT2D eigenvalue weighted by Crippen LogP contribution is -2.16. The van der Waals surface area contributed by atoms with Gasteiger partial charge in [-0.2, -0.15) is 0 Å². The number of hydrogen-bond acceptors (Lipinski definition) is 9. The molecular formula is C21H24O9. The fourth-order valence-corrected chi connectivity index (χ4v) is 2.45. The predicted molar refractivity (Wildman–Crippen MR) is 103 cm³/mol. The van der Waals surface area contributed by atoms with Crippen LogP contribution in [0.3, 0.4) is 0 Å². The Kier molecular flexibility index (Phi) is 10.1. The second-order valence-corrected chi connectivity index (χ2v) is 6.01. The summed E-state index contributed by atoms with van der Waals surface area (Å²) in [4.78, 5) is 72.1. The van der Waals surface area contributed by atoms with E-state index in [0.717, 1.165) is 0 Å². The normalized spacial score (nSPS) is 10.1. The quantitative estimate of drug-likeness (QED) is 0.216. The SMILES string of the molecule is CCOC(=O)CC(=O)c1cc(C(=O)CC(=O)OCC)cc(C(=O)CC(=O)OCC)c1. The molecule has 0 fully saturated rings. The Hall–Kier alpha value is -3.36. The van der Waals surface area contributed by atoms with Crippen molar-refractivity contribution < 1.29 is 43.0 Å². The molecule has 1 aromatic carbocycles. The molecule has 0 aliphatic carbocycles. The van der Waals surface area contributed by atoms with Gasteiger partial charge in [0.15, 0.2) is 17.3 Å². The number of ether oxygens (including phenoxy) is 3. The number of ketones is 3. The third-order valence-corrected chi connectivity index (χ3v) is 3.73. The van der Waals surface area contributed by atoms with Crippen LogP contribution in [0, 0.1) is 0 Å². The van der Waals surface area contributed by atoms with Crippen LogP contribution >= 0.6 is 0 Å². The minimum atomic E-state index is -0.759. The molecule has 162 valence electrons. The Balaban J connectivity index is 3.23. The van der Waals surface area contributed by atoms with E-state index >= 15 is 0 Å². The lowest BCUT2D eigenvalue weighted by molar-refractivity contribution is -0.143. The van der Waals surface area contributed by atoms with Crippen LogP contribution in [0.15, 0.2) is 18.2 Å². The maximum absolute atomic E-state index is 12.4. The van der Waals surface area contributed by atoms with E-state index in [-0.39, 0.29) is 36.5 Å². The first-order valence-electron chi connectivity index (χ1n) is 9.43. The van der Waals surface area contributed by atoms with Crippen LogP contribution in [0.2, 0.25) is 0 Å². The summed E-state index contributed by atoms with van der Waals surface area (Å²) in [6.45, 7) is 5.03. The molecule has 1 rings (SSSR count). The molecular weight excluding hydrogens is 396 g/mol. The van der Waals surface area contributed by atoms with Crippen LogP contribution < -0.4 is 0 Å². The maximum atomic E-state index is 12.4. The van der Waals surface area contributed by atoms with Crippen LogP contribution in [0.5, 0.6) is 0 Å². The summed E-state index contributed by atoms with van der Waals surface area (Å²) in [6, 6.07) is 3.55. The Labute approximate surface area is 173 Å². The van der Waals surface area contributed by atoms with E-state index in [1.165, 1.54) is 18.2 Å². The lowest BCUT2D eigenvalue weighted by atomic mass is 9.95. The van der Waals surface area contributed by atoms with E-state index in [1.807, 2.05) is 0 Å². The van der Waals surface area contributed by atoms with Crippen molar-refractivity contribution in [3.63, 3.8) is 0 Å². The molecule has 0 atom stereocenters. The van der Waals surface area contributed by atoms with Crippen molar-refractivity contribution in [3.8, 4) is 0 Å². The van der Waals surface area contributed by atoms with E-state index in [0.29, 0.717) is 0 Å². The zero-order valence-electron chi connectivity index (χ0n) is 17.1. The lowest BCUT2D eigenvalue weighted by Gasteiger charge is -2.09. The first-order valence-corrected chi connectivity index (χ1v) is 9.43. The number of esters is 3. The van der Waals surface area contributed by atoms with Gasteiger partial charge in [0.1, 0.15) is 19.3 Å². The topological polar surface area (TPSA) is 130 Å². The molecule has 0 amide bonds. The highest BCUT2D eigenvalue weighted by atomic mass is 16.5. The zero-order valence-corrected chi connectivity index (χ0v) is 17.1. The third-order valence-electron chi connectivity index (χ3n) is 3.73. The molecule has 1 aromatic rings. The molecule has 0 unspecified atom stereocenters. The highest BCUT2D eigenvalue weighted by molar-refractivity contribution is 6.13. The van der Waals surface area contributed by atoms with Crippen molar-refractivity contribution in [3.05, 3.63) is 34.9 Å². The molecule has 0 heterocycles. The fourth-order valence-electron chi connectivity index (χ4n) is 2.45. The summed E-state index contributed by atoms with van der Waals surface area (Å²) in [7, 11) is 0. The van der Waals surface area contributed by atoms with Crippen molar-refractivity contribution in [2.75, 3.05) is 19.8 Å². The summed E-state index contributed by atoms with van der Waals surface area (Å²) in [5.41, 5.74) is -0.278. The van der Waals surface area contributed by atoms with E-state index in [9.17, 15) is 28.8 Å². The zero-order chi connectivity index (χ0) is 22.7. The van der Waals surface area contributed by atoms with Crippen LogP contribution in [0.25, 0.3) is 0 Å². The van der Waals surface area contributed by atoms with E-state index in [1.54, 1.807) is 20.8 Å². The number of Topliss-reactive ketones (excluding diaryl/α,β-unsaturated/α-hetero) is 3. The van der Waals surface area contributed by atoms with Crippen molar-refractivity contribution in [2.24, 2.45) is 0 Å². The highest BCUT2D eigenvalue weighted by Gasteiger charge is 2.21. The average molecular weight is 420 g/mol. The van der Waals surface area contributed by atoms with Gasteiger partial charge >= 0.3 is 17.9 Å². The molecule has 0 spiro atoms. The number of carbonyl (C=O) groups is 6. The molecule has 0 aliphatic heterocycles. The molecule has 9 heteroatoms. The van der Waals surface area contributed by atoms with Gasteiger partial charge in [0.25, 0.3) is 0 Å². The first-order chi connectivity index (χ1) is 14.2. The average Bonchev–Trinajstić information content (AvgIpc) is 2.67. The molecule has 30 heavy (non-hydrogen) atoms. The van der Waals surface area contributed by atoms with Gasteiger partial charge in [0, 0.05) is 16.7 Å². The van der Waals surface area contributed by atoms with E-state index in [2.05, 4.69) is 0 Å². The summed E-state index contributed by atoms with van der Waals surface area (Å²) >= 11 is 0. The van der Waals surface area contributed by atoms with Gasteiger partial charge < -0.3 is 14.2 Å². The van der Waals surface area contributed by atoms with Gasteiger partial charge in [-0.25, -0.2) is 0 Å². The second kappa shape index (κ2) is 12.3. The first kappa shape index (κ1) is 24.7. The Morgan fingerprint density at radius 3 is 0.967 bits per heavy atom. The molecule has 0 aromatic heterocycles. The van der Waals surface area contributed by atoms with Gasteiger partial charge in [-0.15, -0.1) is 0 Å². The largest absolute Gasteiger partial charge is 0.466 e. The van der Waals surface area contributed by atoms with Crippen molar-refractivity contribution in [2.45, 2.75) is 40.0 Å². The summed E-state index contributed by atoms with van der Waals surface area (Å²) in [5, 5.41) is 0. The van der Waals surface area contributed by atoms with Gasteiger partial charge in [-0.3, -0.25) is 28.8 Å². The van der Waals surface area contributed by atoms with Crippen LogP contribution in [-0.4, -0.2) is 55.1 Å². The monoisotopic (exact) mass is 420 g/mol. The van der Waals surface area contributed by atoms with Gasteiger partial charge in [0.2, 0.25) is 0 Å². The van der Waals surface area contributed by atoms with Crippen molar-refractivity contribution in [1.29, 1.82) is 0 Å². The van der Waals surface area contributed by atoms with Crippen molar-refractivity contribution in [1.82, 2.24) is 0 Å². The molecule has 0 saturated heterocycles. The minimum Gasteiger partial charge on any atom is -0.466 e. The molecule has 9 nitrogen and oxygen atoms in total. The van der Waals surface area contributed by atoms with Gasteiger partial charge in [-0.05, 0) is 39.0 Å². The number of benzene rings is 1.